The molecule has 0 aromatic heterocycles. The van der Waals surface area contributed by atoms with Crippen LogP contribution in [0.5, 0.6) is 0 Å². The molecular weight excluding hydrogens is 194 g/mol. The summed E-state index contributed by atoms with van der Waals surface area (Å²) in [6.07, 6.45) is 0.337. The van der Waals surface area contributed by atoms with E-state index in [-0.39, 0.29) is 17.2 Å². The molecule has 0 aromatic carbocycles. The lowest BCUT2D eigenvalue weighted by molar-refractivity contribution is -0.143. The van der Waals surface area contributed by atoms with E-state index in [1.54, 1.807) is 13.8 Å². The van der Waals surface area contributed by atoms with Gasteiger partial charge in [-0.1, -0.05) is 34.6 Å². The van der Waals surface area contributed by atoms with Crippen LogP contribution in [0.3, 0.4) is 0 Å². The maximum Gasteiger partial charge on any atom is 0.326 e. The van der Waals surface area contributed by atoms with Gasteiger partial charge in [-0.25, -0.2) is 4.79 Å². The average Bonchev–Trinajstić information content (AvgIpc) is 1.95. The second-order valence-electron chi connectivity index (χ2n) is 5.36. The maximum absolute atomic E-state index is 11.5. The van der Waals surface area contributed by atoms with Gasteiger partial charge >= 0.3 is 5.97 Å². The highest BCUT2D eigenvalue weighted by molar-refractivity contribution is 5.83. The van der Waals surface area contributed by atoms with Crippen molar-refractivity contribution >= 4 is 11.9 Å². The van der Waals surface area contributed by atoms with Gasteiger partial charge in [-0.3, -0.25) is 4.79 Å². The Hall–Kier alpha value is -1.06. The molecule has 0 aliphatic rings. The quantitative estimate of drug-likeness (QED) is 0.749. The van der Waals surface area contributed by atoms with Gasteiger partial charge < -0.3 is 10.4 Å². The van der Waals surface area contributed by atoms with Crippen molar-refractivity contribution in [1.29, 1.82) is 0 Å². The number of carbonyl (C=O) groups excluding carboxylic acids is 1. The standard InChI is InChI=1S/C11H21NO3/c1-7(2)9(10(14)15)12-8(13)6-11(3,4)5/h7,9H,6H2,1-5H3,(H,12,13)(H,14,15)/t9-/m1/s1. The summed E-state index contributed by atoms with van der Waals surface area (Å²) in [5, 5.41) is 11.4. The molecule has 2 N–H and O–H groups in total. The molecule has 0 spiro atoms. The van der Waals surface area contributed by atoms with Crippen LogP contribution in [0.25, 0.3) is 0 Å². The number of carboxylic acid groups (broad SMARTS) is 1. The number of carboxylic acids is 1. The SMILES string of the molecule is CC(C)[C@@H](NC(=O)CC(C)(C)C)C(=O)O. The largest absolute Gasteiger partial charge is 0.480 e. The number of aliphatic carboxylic acids is 1. The van der Waals surface area contributed by atoms with Crippen molar-refractivity contribution in [2.45, 2.75) is 47.1 Å². The molecule has 4 heteroatoms. The highest BCUT2D eigenvalue weighted by atomic mass is 16.4. The molecule has 0 saturated carbocycles. The van der Waals surface area contributed by atoms with Crippen molar-refractivity contribution in [3.05, 3.63) is 0 Å². The van der Waals surface area contributed by atoms with Crippen molar-refractivity contribution in [1.82, 2.24) is 5.32 Å². The Bertz CT molecular complexity index is 241. The normalized spacial score (nSPS) is 13.7. The van der Waals surface area contributed by atoms with Crippen LogP contribution < -0.4 is 5.32 Å². The van der Waals surface area contributed by atoms with E-state index in [1.165, 1.54) is 0 Å². The van der Waals surface area contributed by atoms with E-state index >= 15 is 0 Å². The van der Waals surface area contributed by atoms with Gasteiger partial charge in [-0.2, -0.15) is 0 Å². The predicted octanol–water partition coefficient (Wildman–Crippen LogP) is 1.65. The van der Waals surface area contributed by atoms with Crippen LogP contribution >= 0.6 is 0 Å². The third-order valence-electron chi connectivity index (χ3n) is 1.94. The molecule has 4 nitrogen and oxygen atoms in total. The molecule has 0 rings (SSSR count). The van der Waals surface area contributed by atoms with Gasteiger partial charge in [0.1, 0.15) is 6.04 Å². The minimum absolute atomic E-state index is 0.105. The maximum atomic E-state index is 11.5. The summed E-state index contributed by atoms with van der Waals surface area (Å²) in [6.45, 7) is 9.37. The first-order valence-electron chi connectivity index (χ1n) is 5.15. The highest BCUT2D eigenvalue weighted by Gasteiger charge is 2.25. The van der Waals surface area contributed by atoms with Crippen molar-refractivity contribution in [2.24, 2.45) is 11.3 Å². The summed E-state index contributed by atoms with van der Waals surface area (Å²) < 4.78 is 0. The molecular formula is C11H21NO3. The Morgan fingerprint density at radius 3 is 2.00 bits per heavy atom. The van der Waals surface area contributed by atoms with Crippen molar-refractivity contribution in [2.75, 3.05) is 0 Å². The zero-order valence-corrected chi connectivity index (χ0v) is 10.1. The molecule has 0 bridgehead atoms. The summed E-state index contributed by atoms with van der Waals surface area (Å²) in [7, 11) is 0. The Morgan fingerprint density at radius 1 is 1.27 bits per heavy atom. The zero-order chi connectivity index (χ0) is 12.2. The monoisotopic (exact) mass is 215 g/mol. The summed E-state index contributed by atoms with van der Waals surface area (Å²) in [4.78, 5) is 22.3. The van der Waals surface area contributed by atoms with Gasteiger partial charge in [-0.15, -0.1) is 0 Å². The molecule has 88 valence electrons. The van der Waals surface area contributed by atoms with E-state index in [0.29, 0.717) is 6.42 Å². The van der Waals surface area contributed by atoms with Crippen molar-refractivity contribution in [3.63, 3.8) is 0 Å². The fourth-order valence-corrected chi connectivity index (χ4v) is 1.22. The molecule has 0 radical (unpaired) electrons. The van der Waals surface area contributed by atoms with Gasteiger partial charge in [-0.05, 0) is 11.3 Å². The van der Waals surface area contributed by atoms with E-state index < -0.39 is 12.0 Å². The van der Waals surface area contributed by atoms with Gasteiger partial charge in [0.15, 0.2) is 0 Å². The van der Waals surface area contributed by atoms with Crippen molar-refractivity contribution < 1.29 is 14.7 Å². The molecule has 0 heterocycles. The fourth-order valence-electron chi connectivity index (χ4n) is 1.22. The molecule has 1 atom stereocenters. The Labute approximate surface area is 91.1 Å². The van der Waals surface area contributed by atoms with Gasteiger partial charge in [0.2, 0.25) is 5.91 Å². The molecule has 0 aromatic rings. The summed E-state index contributed by atoms with van der Waals surface area (Å²) in [6, 6.07) is -0.792. The van der Waals surface area contributed by atoms with Crippen LogP contribution in [0.4, 0.5) is 0 Å². The van der Waals surface area contributed by atoms with Gasteiger partial charge in [0.25, 0.3) is 0 Å². The summed E-state index contributed by atoms with van der Waals surface area (Å²) >= 11 is 0. The Balaban J connectivity index is 4.31. The molecule has 1 amide bonds. The number of hydrogen-bond acceptors (Lipinski definition) is 2. The second kappa shape index (κ2) is 5.14. The minimum Gasteiger partial charge on any atom is -0.480 e. The fraction of sp³-hybridized carbons (Fsp3) is 0.818. The second-order valence-corrected chi connectivity index (χ2v) is 5.36. The van der Waals surface area contributed by atoms with Crippen LogP contribution in [0, 0.1) is 11.3 Å². The molecule has 0 aliphatic heterocycles. The smallest absolute Gasteiger partial charge is 0.326 e. The lowest BCUT2D eigenvalue weighted by Gasteiger charge is -2.22. The van der Waals surface area contributed by atoms with Crippen molar-refractivity contribution in [3.8, 4) is 0 Å². The predicted molar refractivity (Wildman–Crippen MR) is 58.5 cm³/mol. The lowest BCUT2D eigenvalue weighted by atomic mass is 9.91. The summed E-state index contributed by atoms with van der Waals surface area (Å²) in [5.41, 5.74) is -0.121. The zero-order valence-electron chi connectivity index (χ0n) is 10.1. The molecule has 0 saturated heterocycles. The van der Waals surface area contributed by atoms with Crippen LogP contribution in [0.15, 0.2) is 0 Å². The summed E-state index contributed by atoms with van der Waals surface area (Å²) in [5.74, 6) is -1.29. The molecule has 0 unspecified atom stereocenters. The first-order valence-corrected chi connectivity index (χ1v) is 5.15. The number of hydrogen-bond donors (Lipinski definition) is 2. The van der Waals surface area contributed by atoms with Gasteiger partial charge in [0, 0.05) is 6.42 Å². The van der Waals surface area contributed by atoms with Crippen LogP contribution in [0.2, 0.25) is 0 Å². The first kappa shape index (κ1) is 13.9. The lowest BCUT2D eigenvalue weighted by Crippen LogP contribution is -2.45. The van der Waals surface area contributed by atoms with E-state index in [4.69, 9.17) is 5.11 Å². The third kappa shape index (κ3) is 6.10. The topological polar surface area (TPSA) is 66.4 Å². The Kier molecular flexibility index (Phi) is 4.78. The van der Waals surface area contributed by atoms with Gasteiger partial charge in [0.05, 0.1) is 0 Å². The van der Waals surface area contributed by atoms with E-state index in [2.05, 4.69) is 5.32 Å². The molecule has 0 fully saturated rings. The molecule has 0 aliphatic carbocycles. The average molecular weight is 215 g/mol. The number of amides is 1. The number of carbonyl (C=O) groups is 2. The number of rotatable bonds is 4. The minimum atomic E-state index is -0.979. The van der Waals surface area contributed by atoms with E-state index in [9.17, 15) is 9.59 Å². The Morgan fingerprint density at radius 2 is 1.73 bits per heavy atom. The van der Waals surface area contributed by atoms with Crippen LogP contribution in [0.1, 0.15) is 41.0 Å². The van der Waals surface area contributed by atoms with E-state index in [1.807, 2.05) is 20.8 Å². The number of nitrogens with one attached hydrogen (secondary N) is 1. The third-order valence-corrected chi connectivity index (χ3v) is 1.94. The highest BCUT2D eigenvalue weighted by Crippen LogP contribution is 2.18. The first-order chi connectivity index (χ1) is 6.63. The molecule has 15 heavy (non-hydrogen) atoms. The van der Waals surface area contributed by atoms with E-state index in [0.717, 1.165) is 0 Å². The van der Waals surface area contributed by atoms with Crippen LogP contribution in [-0.4, -0.2) is 23.0 Å². The van der Waals surface area contributed by atoms with Crippen LogP contribution in [-0.2, 0) is 9.59 Å².